The lowest BCUT2D eigenvalue weighted by Crippen LogP contribution is -2.11. The van der Waals surface area contributed by atoms with E-state index < -0.39 is 19.7 Å². The summed E-state index contributed by atoms with van der Waals surface area (Å²) >= 11 is 5.82. The van der Waals surface area contributed by atoms with Gasteiger partial charge >= 0.3 is 0 Å². The third kappa shape index (κ3) is 3.22. The van der Waals surface area contributed by atoms with Crippen LogP contribution in [0.1, 0.15) is 5.56 Å². The van der Waals surface area contributed by atoms with Crippen molar-refractivity contribution in [3.05, 3.63) is 71.5 Å². The second-order valence-electron chi connectivity index (χ2n) is 6.53. The van der Waals surface area contributed by atoms with E-state index in [1.807, 2.05) is 6.92 Å². The molecule has 8 nitrogen and oxygen atoms in total. The highest BCUT2D eigenvalue weighted by molar-refractivity contribution is 7.92. The molecule has 2 N–H and O–H groups in total. The van der Waals surface area contributed by atoms with Crippen molar-refractivity contribution in [3.8, 4) is 0 Å². The number of fused-ring (bicyclic) bond motifs is 1. The Labute approximate surface area is 177 Å². The van der Waals surface area contributed by atoms with Crippen LogP contribution in [0.2, 0.25) is 5.02 Å². The van der Waals surface area contributed by atoms with E-state index in [1.165, 1.54) is 36.4 Å². The minimum absolute atomic E-state index is 0.00137. The van der Waals surface area contributed by atoms with Crippen LogP contribution in [-0.4, -0.2) is 31.4 Å². The second-order valence-corrected chi connectivity index (χ2v) is 10.8. The fraction of sp³-hybridized carbons (Fsp3) is 0.0526. The van der Waals surface area contributed by atoms with Crippen LogP contribution in [0.25, 0.3) is 5.65 Å². The zero-order chi connectivity index (χ0) is 21.7. The van der Waals surface area contributed by atoms with Gasteiger partial charge in [-0.3, -0.25) is 0 Å². The van der Waals surface area contributed by atoms with E-state index in [1.54, 1.807) is 12.1 Å². The van der Waals surface area contributed by atoms with Crippen molar-refractivity contribution in [2.24, 2.45) is 0 Å². The number of nitrogen functional groups attached to an aromatic ring is 1. The van der Waals surface area contributed by atoms with Gasteiger partial charge in [0.2, 0.25) is 19.7 Å². The van der Waals surface area contributed by atoms with E-state index in [-0.39, 0.29) is 31.0 Å². The Kier molecular flexibility index (Phi) is 4.80. The topological polar surface area (TPSA) is 124 Å². The summed E-state index contributed by atoms with van der Waals surface area (Å²) in [5.41, 5.74) is 6.88. The monoisotopic (exact) mass is 462 g/mol. The Hall–Kier alpha value is -2.95. The molecule has 0 spiro atoms. The van der Waals surface area contributed by atoms with E-state index in [9.17, 15) is 16.8 Å². The molecule has 30 heavy (non-hydrogen) atoms. The molecule has 4 rings (SSSR count). The van der Waals surface area contributed by atoms with Crippen molar-refractivity contribution < 1.29 is 16.8 Å². The number of sulfone groups is 2. The molecule has 0 amide bonds. The number of rotatable bonds is 4. The predicted octanol–water partition coefficient (Wildman–Crippen LogP) is 2.94. The van der Waals surface area contributed by atoms with Gasteiger partial charge in [-0.05, 0) is 43.3 Å². The zero-order valence-corrected chi connectivity index (χ0v) is 17.9. The molecule has 154 valence electrons. The largest absolute Gasteiger partial charge is 0.382 e. The molecular formula is C19H15ClN4O4S2. The molecule has 0 saturated heterocycles. The Morgan fingerprint density at radius 1 is 0.833 bits per heavy atom. The normalized spacial score (nSPS) is 12.3. The minimum atomic E-state index is -3.97. The zero-order valence-electron chi connectivity index (χ0n) is 15.5. The maximum Gasteiger partial charge on any atom is 0.211 e. The van der Waals surface area contributed by atoms with Gasteiger partial charge in [0.25, 0.3) is 0 Å². The molecule has 0 unspecified atom stereocenters. The van der Waals surface area contributed by atoms with Crippen LogP contribution in [0.15, 0.2) is 80.5 Å². The summed E-state index contributed by atoms with van der Waals surface area (Å²) in [6, 6.07) is 11.9. The fourth-order valence-corrected chi connectivity index (χ4v) is 5.63. The maximum absolute atomic E-state index is 13.0. The SMILES string of the molecule is Cc1ccc(S(=O)(=O)c2cnc3c(S(=O)(=O)c4ccc(Cl)cc4)cnn3c2N)cc1. The number of anilines is 1. The van der Waals surface area contributed by atoms with Crippen LogP contribution in [0, 0.1) is 6.92 Å². The van der Waals surface area contributed by atoms with Gasteiger partial charge in [-0.25, -0.2) is 21.8 Å². The predicted molar refractivity (Wildman–Crippen MR) is 111 cm³/mol. The van der Waals surface area contributed by atoms with Crippen molar-refractivity contribution in [1.29, 1.82) is 0 Å². The van der Waals surface area contributed by atoms with Crippen LogP contribution in [-0.2, 0) is 19.7 Å². The summed E-state index contributed by atoms with van der Waals surface area (Å²) in [5.74, 6) is -0.238. The number of nitrogens with zero attached hydrogens (tertiary/aromatic N) is 3. The summed E-state index contributed by atoms with van der Waals surface area (Å²) in [6.45, 7) is 1.84. The molecule has 0 aliphatic carbocycles. The van der Waals surface area contributed by atoms with Gasteiger partial charge in [0.1, 0.15) is 15.6 Å². The molecule has 0 aliphatic heterocycles. The molecule has 0 aliphatic rings. The highest BCUT2D eigenvalue weighted by atomic mass is 35.5. The maximum atomic E-state index is 13.0. The Balaban J connectivity index is 1.86. The molecule has 2 heterocycles. The molecule has 0 bridgehead atoms. The van der Waals surface area contributed by atoms with Crippen LogP contribution in [0.4, 0.5) is 5.82 Å². The first-order valence-electron chi connectivity index (χ1n) is 8.57. The average molecular weight is 463 g/mol. The van der Waals surface area contributed by atoms with Crippen molar-refractivity contribution in [2.45, 2.75) is 26.5 Å². The third-order valence-corrected chi connectivity index (χ3v) is 8.33. The molecule has 0 fully saturated rings. The number of aryl methyl sites for hydroxylation is 1. The van der Waals surface area contributed by atoms with E-state index in [2.05, 4.69) is 10.1 Å². The number of aromatic nitrogens is 3. The first-order valence-corrected chi connectivity index (χ1v) is 11.9. The summed E-state index contributed by atoms with van der Waals surface area (Å²) in [4.78, 5) is 3.63. The molecule has 0 atom stereocenters. The first-order chi connectivity index (χ1) is 14.1. The fourth-order valence-electron chi connectivity index (χ4n) is 2.89. The van der Waals surface area contributed by atoms with E-state index in [0.717, 1.165) is 22.5 Å². The summed E-state index contributed by atoms with van der Waals surface area (Å²) in [5, 5.41) is 4.36. The van der Waals surface area contributed by atoms with Gasteiger partial charge < -0.3 is 5.73 Å². The lowest BCUT2D eigenvalue weighted by molar-refractivity contribution is 0.595. The number of hydrogen-bond donors (Lipinski definition) is 1. The van der Waals surface area contributed by atoms with Gasteiger partial charge in [0.05, 0.1) is 22.2 Å². The van der Waals surface area contributed by atoms with Crippen molar-refractivity contribution in [2.75, 3.05) is 5.73 Å². The Morgan fingerprint density at radius 2 is 1.37 bits per heavy atom. The van der Waals surface area contributed by atoms with Gasteiger partial charge in [-0.1, -0.05) is 29.3 Å². The Bertz CT molecular complexity index is 1480. The number of nitrogens with two attached hydrogens (primary N) is 1. The van der Waals surface area contributed by atoms with Gasteiger partial charge in [-0.2, -0.15) is 9.61 Å². The highest BCUT2D eigenvalue weighted by Crippen LogP contribution is 2.30. The van der Waals surface area contributed by atoms with E-state index >= 15 is 0 Å². The van der Waals surface area contributed by atoms with Crippen LogP contribution in [0.5, 0.6) is 0 Å². The lowest BCUT2D eigenvalue weighted by Gasteiger charge is -2.09. The van der Waals surface area contributed by atoms with Crippen molar-refractivity contribution in [3.63, 3.8) is 0 Å². The molecular weight excluding hydrogens is 448 g/mol. The Morgan fingerprint density at radius 3 is 1.97 bits per heavy atom. The summed E-state index contributed by atoms with van der Waals surface area (Å²) in [7, 11) is -7.94. The number of halogens is 1. The average Bonchev–Trinajstić information content (AvgIpc) is 3.15. The van der Waals surface area contributed by atoms with Gasteiger partial charge in [0, 0.05) is 5.02 Å². The van der Waals surface area contributed by atoms with E-state index in [0.29, 0.717) is 5.02 Å². The standard InChI is InChI=1S/C19H15ClN4O4S2/c1-12-2-6-14(7-3-12)29(25,26)16-10-22-19-17(11-23-24(19)18(16)21)30(27,28)15-8-4-13(20)5-9-15/h2-11H,21H2,1H3. The number of benzene rings is 2. The smallest absolute Gasteiger partial charge is 0.211 e. The van der Waals surface area contributed by atoms with Gasteiger partial charge in [-0.15, -0.1) is 0 Å². The lowest BCUT2D eigenvalue weighted by atomic mass is 10.2. The van der Waals surface area contributed by atoms with Gasteiger partial charge in [0.15, 0.2) is 5.65 Å². The van der Waals surface area contributed by atoms with E-state index in [4.69, 9.17) is 17.3 Å². The van der Waals surface area contributed by atoms with Crippen LogP contribution < -0.4 is 5.73 Å². The molecule has 2 aromatic carbocycles. The van der Waals surface area contributed by atoms with Crippen LogP contribution in [0.3, 0.4) is 0 Å². The highest BCUT2D eigenvalue weighted by Gasteiger charge is 2.28. The third-order valence-electron chi connectivity index (χ3n) is 4.53. The van der Waals surface area contributed by atoms with Crippen molar-refractivity contribution in [1.82, 2.24) is 14.6 Å². The molecule has 0 radical (unpaired) electrons. The molecule has 0 saturated carbocycles. The summed E-state index contributed by atoms with van der Waals surface area (Å²) < 4.78 is 52.9. The quantitative estimate of drug-likeness (QED) is 0.494. The van der Waals surface area contributed by atoms with Crippen molar-refractivity contribution >= 4 is 42.7 Å². The van der Waals surface area contributed by atoms with Crippen LogP contribution >= 0.6 is 11.6 Å². The molecule has 4 aromatic rings. The minimum Gasteiger partial charge on any atom is -0.382 e. The summed E-state index contributed by atoms with van der Waals surface area (Å²) in [6.07, 6.45) is 2.13. The molecule has 2 aromatic heterocycles. The second kappa shape index (κ2) is 7.08. The first kappa shape index (κ1) is 20.3. The number of hydrogen-bond acceptors (Lipinski definition) is 7. The molecule has 11 heteroatoms.